The Morgan fingerprint density at radius 3 is 2.58 bits per heavy atom. The van der Waals surface area contributed by atoms with Crippen molar-refractivity contribution < 1.29 is 30.4 Å². The molecule has 192 valence electrons. The lowest BCUT2D eigenvalue weighted by Gasteiger charge is -2.11. The first-order chi connectivity index (χ1) is 16.9. The van der Waals surface area contributed by atoms with E-state index in [9.17, 15) is 21.2 Å². The third-order valence-corrected chi connectivity index (χ3v) is 9.17. The molecule has 4 aromatic rings. The van der Waals surface area contributed by atoms with Crippen molar-refractivity contribution in [3.8, 4) is 11.1 Å². The molecule has 10 nitrogen and oxygen atoms in total. The zero-order valence-electron chi connectivity index (χ0n) is 18.7. The molecule has 0 bridgehead atoms. The third kappa shape index (κ3) is 6.25. The van der Waals surface area contributed by atoms with Crippen LogP contribution in [0.15, 0.2) is 40.8 Å². The van der Waals surface area contributed by atoms with Crippen molar-refractivity contribution in [2.75, 3.05) is 25.2 Å². The summed E-state index contributed by atoms with van der Waals surface area (Å²) in [6.45, 7) is -0.0688. The molecular formula is C21H20ClFN4O6S3. The van der Waals surface area contributed by atoms with Crippen molar-refractivity contribution in [2.24, 2.45) is 5.14 Å². The maximum absolute atomic E-state index is 13.8. The fraction of sp³-hybridized carbons (Fsp3) is 0.286. The molecule has 2 heterocycles. The van der Waals surface area contributed by atoms with Crippen molar-refractivity contribution in [2.45, 2.75) is 11.7 Å². The molecule has 2 aromatic heterocycles. The second kappa shape index (κ2) is 10.5. The van der Waals surface area contributed by atoms with E-state index in [1.807, 2.05) is 0 Å². The van der Waals surface area contributed by atoms with Gasteiger partial charge in [-0.25, -0.2) is 31.3 Å². The first-order valence-electron chi connectivity index (χ1n) is 10.4. The van der Waals surface area contributed by atoms with Crippen LogP contribution in [0.5, 0.6) is 0 Å². The van der Waals surface area contributed by atoms with Gasteiger partial charge in [-0.2, -0.15) is 0 Å². The van der Waals surface area contributed by atoms with Crippen molar-refractivity contribution in [1.29, 1.82) is 0 Å². The van der Waals surface area contributed by atoms with Crippen LogP contribution in [-0.4, -0.2) is 57.2 Å². The summed E-state index contributed by atoms with van der Waals surface area (Å²) in [4.78, 5) is 4.48. The molecule has 4 rings (SSSR count). The van der Waals surface area contributed by atoms with E-state index in [1.165, 1.54) is 19.2 Å². The van der Waals surface area contributed by atoms with Gasteiger partial charge in [0.15, 0.2) is 15.1 Å². The molecule has 0 saturated heterocycles. The van der Waals surface area contributed by atoms with Gasteiger partial charge in [0.25, 0.3) is 0 Å². The number of hydrogen-bond acceptors (Lipinski definition) is 10. The van der Waals surface area contributed by atoms with Gasteiger partial charge in [0.1, 0.15) is 10.8 Å². The monoisotopic (exact) mass is 574 g/mol. The summed E-state index contributed by atoms with van der Waals surface area (Å²) in [5.41, 5.74) is 1.74. The van der Waals surface area contributed by atoms with Crippen LogP contribution in [0.4, 0.5) is 4.39 Å². The zero-order chi connectivity index (χ0) is 26.1. The topological polar surface area (TPSA) is 155 Å². The van der Waals surface area contributed by atoms with Crippen LogP contribution in [0.1, 0.15) is 22.0 Å². The number of nitrogens with zero attached hydrogens (tertiary/aromatic N) is 3. The first kappa shape index (κ1) is 26.6. The predicted octanol–water partition coefficient (Wildman–Crippen LogP) is 3.12. The number of thiazole rings is 1. The average Bonchev–Trinajstić information content (AvgIpc) is 3.41. The quantitative estimate of drug-likeness (QED) is 0.300. The number of nitrogens with two attached hydrogens (primary N) is 1. The number of sulfonamides is 1. The number of sulfone groups is 1. The number of ether oxygens (including phenoxy) is 1. The normalized spacial score (nSPS) is 13.3. The molecule has 0 spiro atoms. The number of methoxy groups -OCH3 is 1. The summed E-state index contributed by atoms with van der Waals surface area (Å²) in [6.07, 6.45) is -0.171. The van der Waals surface area contributed by atoms with E-state index in [0.29, 0.717) is 21.3 Å². The van der Waals surface area contributed by atoms with E-state index < -0.39 is 36.7 Å². The highest BCUT2D eigenvalue weighted by molar-refractivity contribution is 7.92. The van der Waals surface area contributed by atoms with Crippen LogP contribution >= 0.6 is 22.9 Å². The Bertz CT molecular complexity index is 1600. The van der Waals surface area contributed by atoms with E-state index in [1.54, 1.807) is 24.3 Å². The standard InChI is InChI=1S/C21H20ClFN4O6S3/c1-32-5-7-35(28,29)19(20-27-26-18(33-20)4-6-36(24,30)31)21-25-16-3-2-12(10-17(16)34-21)13-8-14(22)11-15(23)9-13/h2-3,8-11,19H,4-7H2,1H3,(H2,24,30,31). The van der Waals surface area contributed by atoms with Gasteiger partial charge in [-0.3, -0.25) is 0 Å². The molecule has 0 aliphatic heterocycles. The van der Waals surface area contributed by atoms with Gasteiger partial charge >= 0.3 is 0 Å². The SMILES string of the molecule is COCCS(=O)(=O)C(c1nnc(CCS(N)(=O)=O)o1)c1nc2ccc(-c3cc(F)cc(Cl)c3)cc2s1. The molecular weight excluding hydrogens is 555 g/mol. The summed E-state index contributed by atoms with van der Waals surface area (Å²) in [6, 6.07) is 9.33. The summed E-state index contributed by atoms with van der Waals surface area (Å²) >= 11 is 7.09. The lowest BCUT2D eigenvalue weighted by molar-refractivity contribution is 0.217. The lowest BCUT2D eigenvalue weighted by atomic mass is 10.1. The Morgan fingerprint density at radius 2 is 1.89 bits per heavy atom. The van der Waals surface area contributed by atoms with Gasteiger partial charge in [0.05, 0.1) is 28.3 Å². The van der Waals surface area contributed by atoms with Gasteiger partial charge in [0.2, 0.25) is 21.8 Å². The Morgan fingerprint density at radius 1 is 1.11 bits per heavy atom. The van der Waals surface area contributed by atoms with E-state index in [0.717, 1.165) is 11.3 Å². The van der Waals surface area contributed by atoms with Crippen molar-refractivity contribution >= 4 is 53.0 Å². The maximum Gasteiger partial charge on any atom is 0.241 e. The molecule has 36 heavy (non-hydrogen) atoms. The Hall–Kier alpha value is -2.49. The third-order valence-electron chi connectivity index (χ3n) is 5.06. The summed E-state index contributed by atoms with van der Waals surface area (Å²) in [7, 11) is -6.33. The molecule has 0 aliphatic rings. The van der Waals surface area contributed by atoms with Gasteiger partial charge in [-0.15, -0.1) is 21.5 Å². The highest BCUT2D eigenvalue weighted by atomic mass is 35.5. The number of halogens is 2. The molecule has 0 saturated carbocycles. The summed E-state index contributed by atoms with van der Waals surface area (Å²) in [5.74, 6) is -1.58. The van der Waals surface area contributed by atoms with Crippen LogP contribution in [0, 0.1) is 5.82 Å². The number of rotatable bonds is 10. The Labute approximate surface area is 215 Å². The second-order valence-electron chi connectivity index (χ2n) is 7.78. The number of hydrogen-bond donors (Lipinski definition) is 1. The molecule has 1 atom stereocenters. The van der Waals surface area contributed by atoms with Crippen LogP contribution in [0.3, 0.4) is 0 Å². The highest BCUT2D eigenvalue weighted by Gasteiger charge is 2.36. The fourth-order valence-corrected chi connectivity index (χ4v) is 7.03. The second-order valence-corrected chi connectivity index (χ2v) is 13.2. The van der Waals surface area contributed by atoms with Crippen molar-refractivity contribution in [1.82, 2.24) is 15.2 Å². The first-order valence-corrected chi connectivity index (χ1v) is 15.0. The Kier molecular flexibility index (Phi) is 7.73. The van der Waals surface area contributed by atoms with Crippen LogP contribution in [-0.2, 0) is 31.0 Å². The zero-order valence-corrected chi connectivity index (χ0v) is 21.9. The van der Waals surface area contributed by atoms with Gasteiger partial charge in [0, 0.05) is 18.6 Å². The Balaban J connectivity index is 1.75. The summed E-state index contributed by atoms with van der Waals surface area (Å²) < 4.78 is 73.9. The molecule has 15 heteroatoms. The molecule has 0 amide bonds. The van der Waals surface area contributed by atoms with E-state index >= 15 is 0 Å². The predicted molar refractivity (Wildman–Crippen MR) is 134 cm³/mol. The smallest absolute Gasteiger partial charge is 0.241 e. The minimum atomic E-state index is -3.93. The van der Waals surface area contributed by atoms with Crippen molar-refractivity contribution in [3.63, 3.8) is 0 Å². The average molecular weight is 575 g/mol. The minimum absolute atomic E-state index is 0.0688. The highest BCUT2D eigenvalue weighted by Crippen LogP contribution is 2.37. The minimum Gasteiger partial charge on any atom is -0.423 e. The summed E-state index contributed by atoms with van der Waals surface area (Å²) in [5, 5.41) is 11.7. The number of primary sulfonamides is 1. The van der Waals surface area contributed by atoms with Crippen LogP contribution in [0.25, 0.3) is 21.3 Å². The number of aromatic nitrogens is 3. The maximum atomic E-state index is 13.8. The number of benzene rings is 2. The molecule has 1 unspecified atom stereocenters. The van der Waals surface area contributed by atoms with E-state index in [2.05, 4.69) is 15.2 Å². The molecule has 2 aromatic carbocycles. The van der Waals surface area contributed by atoms with E-state index in [-0.39, 0.29) is 40.6 Å². The number of fused-ring (bicyclic) bond motifs is 1. The largest absolute Gasteiger partial charge is 0.423 e. The van der Waals surface area contributed by atoms with Gasteiger partial charge < -0.3 is 9.15 Å². The molecule has 0 fully saturated rings. The van der Waals surface area contributed by atoms with Crippen LogP contribution in [0.2, 0.25) is 5.02 Å². The van der Waals surface area contributed by atoms with Crippen LogP contribution < -0.4 is 5.14 Å². The molecule has 0 radical (unpaired) electrons. The lowest BCUT2D eigenvalue weighted by Crippen LogP contribution is -2.21. The van der Waals surface area contributed by atoms with Gasteiger partial charge in [-0.05, 0) is 41.5 Å². The van der Waals surface area contributed by atoms with E-state index in [4.69, 9.17) is 25.9 Å². The van der Waals surface area contributed by atoms with Crippen molar-refractivity contribution in [3.05, 3.63) is 64.0 Å². The fourth-order valence-electron chi connectivity index (χ4n) is 3.39. The molecule has 0 aliphatic carbocycles. The number of aryl methyl sites for hydroxylation is 1. The van der Waals surface area contributed by atoms with Gasteiger partial charge in [-0.1, -0.05) is 17.7 Å². The molecule has 2 N–H and O–H groups in total.